The number of nitrogens with zero attached hydrogens (tertiary/aromatic N) is 2. The molecule has 0 saturated heterocycles. The van der Waals surface area contributed by atoms with Gasteiger partial charge in [0.05, 0.1) is 11.4 Å². The van der Waals surface area contributed by atoms with E-state index in [1.807, 2.05) is 37.3 Å². The van der Waals surface area contributed by atoms with E-state index in [0.29, 0.717) is 36.2 Å². The Morgan fingerprint density at radius 3 is 2.46 bits per heavy atom. The first kappa shape index (κ1) is 24.7. The highest BCUT2D eigenvalue weighted by molar-refractivity contribution is 14.0. The van der Waals surface area contributed by atoms with E-state index in [-0.39, 0.29) is 28.9 Å². The maximum atomic E-state index is 12.5. The van der Waals surface area contributed by atoms with Crippen LogP contribution in [0.2, 0.25) is 5.02 Å². The van der Waals surface area contributed by atoms with E-state index in [2.05, 4.69) is 15.6 Å². The molecule has 2 aromatic rings. The number of rotatable bonds is 7. The second-order valence-corrected chi connectivity index (χ2v) is 8.63. The Bertz CT molecular complexity index is 904. The third-order valence-corrected chi connectivity index (χ3v) is 5.98. The summed E-state index contributed by atoms with van der Waals surface area (Å²) >= 11 is 6.01. The molecule has 0 aliphatic carbocycles. The van der Waals surface area contributed by atoms with Gasteiger partial charge in [-0.2, -0.15) is 0 Å². The molecule has 2 N–H and O–H groups in total. The SMILES string of the molecule is CCNC(=NCc1cccc(Cl)c1)NCc1ccccc1S(=O)(=O)N(C)C.I. The highest BCUT2D eigenvalue weighted by atomic mass is 127. The largest absolute Gasteiger partial charge is 0.357 e. The molecule has 0 aliphatic rings. The molecule has 0 aliphatic heterocycles. The maximum absolute atomic E-state index is 12.5. The summed E-state index contributed by atoms with van der Waals surface area (Å²) in [6.45, 7) is 3.47. The summed E-state index contributed by atoms with van der Waals surface area (Å²) in [6, 6.07) is 14.5. The summed E-state index contributed by atoms with van der Waals surface area (Å²) in [5.41, 5.74) is 1.68. The molecule has 9 heteroatoms. The molecule has 0 spiro atoms. The van der Waals surface area contributed by atoms with Crippen molar-refractivity contribution in [2.75, 3.05) is 20.6 Å². The van der Waals surface area contributed by atoms with Crippen LogP contribution in [0.1, 0.15) is 18.1 Å². The monoisotopic (exact) mass is 536 g/mol. The van der Waals surface area contributed by atoms with E-state index in [1.165, 1.54) is 18.4 Å². The molecule has 154 valence electrons. The number of aliphatic imine (C=N–C) groups is 1. The minimum Gasteiger partial charge on any atom is -0.357 e. The van der Waals surface area contributed by atoms with Gasteiger partial charge in [0.25, 0.3) is 0 Å². The van der Waals surface area contributed by atoms with Crippen molar-refractivity contribution in [3.63, 3.8) is 0 Å². The third kappa shape index (κ3) is 6.91. The van der Waals surface area contributed by atoms with Crippen LogP contribution in [0.4, 0.5) is 0 Å². The average molecular weight is 537 g/mol. The number of hydrogen-bond donors (Lipinski definition) is 2. The van der Waals surface area contributed by atoms with Gasteiger partial charge in [-0.15, -0.1) is 24.0 Å². The standard InChI is InChI=1S/C19H25ClN4O2S.HI/c1-4-21-19(22-13-15-8-7-10-17(20)12-15)23-14-16-9-5-6-11-18(16)27(25,26)24(2)3;/h5-12H,4,13-14H2,1-3H3,(H2,21,22,23);1H. The highest BCUT2D eigenvalue weighted by Crippen LogP contribution is 2.18. The molecular formula is C19H26ClIN4O2S. The van der Waals surface area contributed by atoms with E-state index >= 15 is 0 Å². The number of benzene rings is 2. The smallest absolute Gasteiger partial charge is 0.242 e. The van der Waals surface area contributed by atoms with Gasteiger partial charge < -0.3 is 10.6 Å². The molecule has 0 heterocycles. The molecule has 28 heavy (non-hydrogen) atoms. The third-order valence-electron chi connectivity index (χ3n) is 3.83. The normalized spacial score (nSPS) is 11.8. The zero-order valence-corrected chi connectivity index (χ0v) is 20.0. The second kappa shape index (κ2) is 11.6. The minimum atomic E-state index is -3.51. The lowest BCUT2D eigenvalue weighted by molar-refractivity contribution is 0.519. The first-order valence-corrected chi connectivity index (χ1v) is 10.4. The first-order valence-electron chi connectivity index (χ1n) is 8.61. The Hall–Kier alpha value is -1.36. The van der Waals surface area contributed by atoms with E-state index in [9.17, 15) is 8.42 Å². The lowest BCUT2D eigenvalue weighted by atomic mass is 10.2. The topological polar surface area (TPSA) is 73.8 Å². The van der Waals surface area contributed by atoms with Gasteiger partial charge in [0.15, 0.2) is 5.96 Å². The predicted molar refractivity (Wildman–Crippen MR) is 126 cm³/mol. The van der Waals surface area contributed by atoms with Crippen LogP contribution in [0, 0.1) is 0 Å². The van der Waals surface area contributed by atoms with Gasteiger partial charge in [0, 0.05) is 32.2 Å². The molecule has 0 aromatic heterocycles. The van der Waals surface area contributed by atoms with E-state index in [1.54, 1.807) is 18.2 Å². The predicted octanol–water partition coefficient (Wildman–Crippen LogP) is 3.46. The molecular weight excluding hydrogens is 511 g/mol. The summed E-state index contributed by atoms with van der Waals surface area (Å²) in [5, 5.41) is 7.03. The number of nitrogens with one attached hydrogen (secondary N) is 2. The van der Waals surface area contributed by atoms with Crippen LogP contribution in [0.25, 0.3) is 0 Å². The summed E-state index contributed by atoms with van der Waals surface area (Å²) in [4.78, 5) is 4.83. The Morgan fingerprint density at radius 2 is 1.82 bits per heavy atom. The van der Waals surface area contributed by atoms with Gasteiger partial charge in [0.1, 0.15) is 0 Å². The minimum absolute atomic E-state index is 0. The molecule has 0 atom stereocenters. The number of sulfonamides is 1. The Kier molecular flexibility index (Phi) is 10.2. The fourth-order valence-electron chi connectivity index (χ4n) is 2.42. The quantitative estimate of drug-likeness (QED) is 0.323. The van der Waals surface area contributed by atoms with Crippen LogP contribution in [0.5, 0.6) is 0 Å². The van der Waals surface area contributed by atoms with Crippen molar-refractivity contribution in [1.82, 2.24) is 14.9 Å². The summed E-state index contributed by atoms with van der Waals surface area (Å²) < 4.78 is 26.2. The van der Waals surface area contributed by atoms with Crippen LogP contribution >= 0.6 is 35.6 Å². The molecule has 0 unspecified atom stereocenters. The number of halogens is 2. The molecule has 0 fully saturated rings. The van der Waals surface area contributed by atoms with E-state index < -0.39 is 10.0 Å². The van der Waals surface area contributed by atoms with Gasteiger partial charge in [-0.05, 0) is 36.2 Å². The van der Waals surface area contributed by atoms with E-state index in [4.69, 9.17) is 11.6 Å². The zero-order chi connectivity index (χ0) is 19.9. The van der Waals surface area contributed by atoms with Gasteiger partial charge in [-0.1, -0.05) is 41.9 Å². The molecule has 0 saturated carbocycles. The molecule has 2 aromatic carbocycles. The van der Waals surface area contributed by atoms with Crippen LogP contribution in [-0.2, 0) is 23.1 Å². The fraction of sp³-hybridized carbons (Fsp3) is 0.316. The van der Waals surface area contributed by atoms with Crippen molar-refractivity contribution in [2.24, 2.45) is 4.99 Å². The average Bonchev–Trinajstić information content (AvgIpc) is 2.64. The summed E-state index contributed by atoms with van der Waals surface area (Å²) in [5.74, 6) is 0.606. The lowest BCUT2D eigenvalue weighted by Gasteiger charge is -2.17. The zero-order valence-electron chi connectivity index (χ0n) is 16.1. The molecule has 0 bridgehead atoms. The fourth-order valence-corrected chi connectivity index (χ4v) is 3.75. The van der Waals surface area contributed by atoms with Crippen LogP contribution in [0.3, 0.4) is 0 Å². The molecule has 0 radical (unpaired) electrons. The van der Waals surface area contributed by atoms with E-state index in [0.717, 1.165) is 5.56 Å². The molecule has 6 nitrogen and oxygen atoms in total. The van der Waals surface area contributed by atoms with Gasteiger partial charge in [0.2, 0.25) is 10.0 Å². The summed E-state index contributed by atoms with van der Waals surface area (Å²) in [7, 11) is -0.462. The van der Waals surface area contributed by atoms with Crippen molar-refractivity contribution in [3.05, 3.63) is 64.7 Å². The van der Waals surface area contributed by atoms with Gasteiger partial charge >= 0.3 is 0 Å². The van der Waals surface area contributed by atoms with Crippen LogP contribution in [0.15, 0.2) is 58.4 Å². The number of guanidine groups is 1. The Morgan fingerprint density at radius 1 is 1.11 bits per heavy atom. The van der Waals surface area contributed by atoms with Crippen molar-refractivity contribution in [3.8, 4) is 0 Å². The maximum Gasteiger partial charge on any atom is 0.242 e. The highest BCUT2D eigenvalue weighted by Gasteiger charge is 2.20. The van der Waals surface area contributed by atoms with Crippen molar-refractivity contribution >= 4 is 51.6 Å². The number of hydrogen-bond acceptors (Lipinski definition) is 3. The Labute approximate surface area is 189 Å². The van der Waals surface area contributed by atoms with Crippen molar-refractivity contribution in [1.29, 1.82) is 0 Å². The molecule has 0 amide bonds. The van der Waals surface area contributed by atoms with Crippen molar-refractivity contribution < 1.29 is 8.42 Å². The first-order chi connectivity index (χ1) is 12.8. The lowest BCUT2D eigenvalue weighted by Crippen LogP contribution is -2.37. The second-order valence-electron chi connectivity index (χ2n) is 6.07. The summed E-state index contributed by atoms with van der Waals surface area (Å²) in [6.07, 6.45) is 0. The Balaban J connectivity index is 0.00000392. The van der Waals surface area contributed by atoms with Crippen molar-refractivity contribution in [2.45, 2.75) is 24.9 Å². The van der Waals surface area contributed by atoms with Crippen LogP contribution < -0.4 is 10.6 Å². The van der Waals surface area contributed by atoms with Crippen LogP contribution in [-0.4, -0.2) is 39.3 Å². The van der Waals surface area contributed by atoms with Gasteiger partial charge in [-0.3, -0.25) is 0 Å². The van der Waals surface area contributed by atoms with Gasteiger partial charge in [-0.25, -0.2) is 17.7 Å². The molecule has 2 rings (SSSR count).